The molecule has 0 saturated heterocycles. The van der Waals surface area contributed by atoms with Crippen LogP contribution in [0.4, 0.5) is 0 Å². The van der Waals surface area contributed by atoms with Crippen LogP contribution in [0, 0.1) is 0 Å². The Hall–Kier alpha value is -2.37. The second kappa shape index (κ2) is 66.1. The summed E-state index contributed by atoms with van der Waals surface area (Å²) in [5.41, 5.74) is 0. The molecule has 0 fully saturated rings. The van der Waals surface area contributed by atoms with E-state index in [2.05, 4.69) is 57.2 Å². The van der Waals surface area contributed by atoms with Gasteiger partial charge >= 0.3 is 17.9 Å². The van der Waals surface area contributed by atoms with Crippen molar-refractivity contribution >= 4 is 17.9 Å². The first-order valence-electron chi connectivity index (χ1n) is 34.5. The number of carbonyl (C=O) groups is 3. The number of rotatable bonds is 64. The highest BCUT2D eigenvalue weighted by Gasteiger charge is 2.19. The Balaban J connectivity index is 3.93. The minimum atomic E-state index is -0.767. The molecule has 6 heteroatoms. The van der Waals surface area contributed by atoms with Crippen molar-refractivity contribution in [1.82, 2.24) is 0 Å². The van der Waals surface area contributed by atoms with E-state index in [4.69, 9.17) is 14.2 Å². The number of esters is 3. The Morgan fingerprint density at radius 1 is 0.260 bits per heavy atom. The van der Waals surface area contributed by atoms with Gasteiger partial charge in [0.1, 0.15) is 13.2 Å². The number of allylic oxidation sites excluding steroid dienone is 6. The number of ether oxygens (including phenoxy) is 3. The van der Waals surface area contributed by atoms with Gasteiger partial charge in [-0.05, 0) is 77.0 Å². The zero-order chi connectivity index (χ0) is 55.7. The Morgan fingerprint density at radius 3 is 0.727 bits per heavy atom. The van der Waals surface area contributed by atoms with Gasteiger partial charge < -0.3 is 14.2 Å². The molecule has 0 aliphatic heterocycles. The molecule has 0 aromatic heterocycles. The fraction of sp³-hybridized carbons (Fsp3) is 0.873. The van der Waals surface area contributed by atoms with Crippen molar-refractivity contribution in [3.63, 3.8) is 0 Å². The standard InChI is InChI=1S/C71H132O6/c1-4-7-10-13-15-17-19-21-23-25-27-29-31-32-33-34-35-36-37-38-40-41-43-45-47-49-51-53-55-58-61-64-70(73)76-67-68(66-75-69(72)63-60-57-12-9-6-3)77-71(74)65-62-59-56-54-52-50-48-46-44-42-39-30-28-26-24-22-20-18-16-14-11-8-5-2/h19,21,25-28,68H,4-18,20,22-24,29-67H2,1-3H3/b21-19-,27-25-,28-26-. The van der Waals surface area contributed by atoms with Crippen LogP contribution in [0.25, 0.3) is 0 Å². The van der Waals surface area contributed by atoms with Crippen LogP contribution < -0.4 is 0 Å². The van der Waals surface area contributed by atoms with E-state index in [9.17, 15) is 14.4 Å². The predicted octanol–water partition coefficient (Wildman–Crippen LogP) is 23.6. The topological polar surface area (TPSA) is 78.9 Å². The van der Waals surface area contributed by atoms with Gasteiger partial charge in [-0.25, -0.2) is 0 Å². The third kappa shape index (κ3) is 64.3. The molecule has 0 radical (unpaired) electrons. The van der Waals surface area contributed by atoms with Gasteiger partial charge in [-0.2, -0.15) is 0 Å². The van der Waals surface area contributed by atoms with Crippen LogP contribution in [-0.2, 0) is 28.6 Å². The summed E-state index contributed by atoms with van der Waals surface area (Å²) >= 11 is 0. The van der Waals surface area contributed by atoms with E-state index in [0.29, 0.717) is 19.3 Å². The van der Waals surface area contributed by atoms with Crippen LogP contribution in [0.3, 0.4) is 0 Å². The highest BCUT2D eigenvalue weighted by Crippen LogP contribution is 2.18. The Labute approximate surface area is 480 Å². The zero-order valence-electron chi connectivity index (χ0n) is 52.0. The van der Waals surface area contributed by atoms with Crippen molar-refractivity contribution in [2.75, 3.05) is 13.2 Å². The van der Waals surface area contributed by atoms with Crippen molar-refractivity contribution < 1.29 is 28.6 Å². The van der Waals surface area contributed by atoms with E-state index < -0.39 is 6.10 Å². The summed E-state index contributed by atoms with van der Waals surface area (Å²) in [7, 11) is 0. The Bertz CT molecular complexity index is 1290. The van der Waals surface area contributed by atoms with Crippen molar-refractivity contribution in [3.8, 4) is 0 Å². The molecule has 0 amide bonds. The summed E-state index contributed by atoms with van der Waals surface area (Å²) in [4.78, 5) is 38.0. The lowest BCUT2D eigenvalue weighted by Gasteiger charge is -2.18. The molecule has 1 atom stereocenters. The second-order valence-corrected chi connectivity index (χ2v) is 23.4. The Kier molecular flexibility index (Phi) is 64.1. The minimum Gasteiger partial charge on any atom is -0.462 e. The molecule has 0 N–H and O–H groups in total. The summed E-state index contributed by atoms with van der Waals surface area (Å²) < 4.78 is 16.8. The zero-order valence-corrected chi connectivity index (χ0v) is 52.0. The molecule has 0 bridgehead atoms. The van der Waals surface area contributed by atoms with Gasteiger partial charge in [0.15, 0.2) is 6.10 Å². The highest BCUT2D eigenvalue weighted by atomic mass is 16.6. The molecule has 6 nitrogen and oxygen atoms in total. The van der Waals surface area contributed by atoms with Crippen LogP contribution in [0.15, 0.2) is 36.5 Å². The van der Waals surface area contributed by atoms with Gasteiger partial charge in [-0.15, -0.1) is 0 Å². The first kappa shape index (κ1) is 74.6. The molecule has 452 valence electrons. The van der Waals surface area contributed by atoms with Crippen LogP contribution in [0.5, 0.6) is 0 Å². The molecule has 0 aromatic rings. The summed E-state index contributed by atoms with van der Waals surface area (Å²) in [6.45, 7) is 6.61. The summed E-state index contributed by atoms with van der Waals surface area (Å²) in [6.07, 6.45) is 82.3. The van der Waals surface area contributed by atoms with Crippen LogP contribution in [-0.4, -0.2) is 37.2 Å². The third-order valence-electron chi connectivity index (χ3n) is 15.6. The van der Waals surface area contributed by atoms with Crippen molar-refractivity contribution in [1.29, 1.82) is 0 Å². The van der Waals surface area contributed by atoms with E-state index in [1.54, 1.807) is 0 Å². The fourth-order valence-electron chi connectivity index (χ4n) is 10.4. The lowest BCUT2D eigenvalue weighted by Crippen LogP contribution is -2.30. The SMILES string of the molecule is CCCCCCC/C=C\C/C=C\CCCCCCCCCCCCCCCCCCCCCC(=O)OCC(COC(=O)CCCCCCC)OC(=O)CCCCCCCCCCCCC/C=C\CCCCCCCCCC. The summed E-state index contributed by atoms with van der Waals surface area (Å²) in [6, 6.07) is 0. The lowest BCUT2D eigenvalue weighted by atomic mass is 10.0. The molecular formula is C71H132O6. The van der Waals surface area contributed by atoms with E-state index in [1.165, 1.54) is 270 Å². The van der Waals surface area contributed by atoms with Crippen LogP contribution >= 0.6 is 0 Å². The first-order valence-corrected chi connectivity index (χ1v) is 34.5. The highest BCUT2D eigenvalue weighted by molar-refractivity contribution is 5.71. The number of unbranched alkanes of at least 4 members (excludes halogenated alkanes) is 47. The number of hydrogen-bond acceptors (Lipinski definition) is 6. The third-order valence-corrected chi connectivity index (χ3v) is 15.6. The largest absolute Gasteiger partial charge is 0.462 e. The summed E-state index contributed by atoms with van der Waals surface area (Å²) in [5.74, 6) is -0.859. The van der Waals surface area contributed by atoms with Crippen LogP contribution in [0.1, 0.15) is 380 Å². The molecule has 0 aliphatic carbocycles. The van der Waals surface area contributed by atoms with E-state index in [1.807, 2.05) is 0 Å². The van der Waals surface area contributed by atoms with Crippen molar-refractivity contribution in [3.05, 3.63) is 36.5 Å². The quantitative estimate of drug-likeness (QED) is 0.0261. The molecule has 0 saturated carbocycles. The van der Waals surface area contributed by atoms with Gasteiger partial charge in [0.2, 0.25) is 0 Å². The fourth-order valence-corrected chi connectivity index (χ4v) is 10.4. The maximum Gasteiger partial charge on any atom is 0.306 e. The maximum absolute atomic E-state index is 12.8. The maximum atomic E-state index is 12.8. The van der Waals surface area contributed by atoms with Crippen molar-refractivity contribution in [2.45, 2.75) is 386 Å². The molecule has 0 spiro atoms. The lowest BCUT2D eigenvalue weighted by molar-refractivity contribution is -0.167. The smallest absolute Gasteiger partial charge is 0.306 e. The number of hydrogen-bond donors (Lipinski definition) is 0. The minimum absolute atomic E-state index is 0.0678. The molecule has 77 heavy (non-hydrogen) atoms. The van der Waals surface area contributed by atoms with Crippen molar-refractivity contribution in [2.24, 2.45) is 0 Å². The molecular weight excluding hydrogens is 949 g/mol. The van der Waals surface area contributed by atoms with Gasteiger partial charge in [-0.1, -0.05) is 320 Å². The van der Waals surface area contributed by atoms with E-state index in [0.717, 1.165) is 70.6 Å². The average molecular weight is 1080 g/mol. The normalized spacial score (nSPS) is 12.2. The van der Waals surface area contributed by atoms with Gasteiger partial charge in [-0.3, -0.25) is 14.4 Å². The van der Waals surface area contributed by atoms with Gasteiger partial charge in [0, 0.05) is 19.3 Å². The molecule has 0 heterocycles. The summed E-state index contributed by atoms with van der Waals surface area (Å²) in [5, 5.41) is 0. The molecule has 0 aromatic carbocycles. The van der Waals surface area contributed by atoms with Gasteiger partial charge in [0.05, 0.1) is 0 Å². The second-order valence-electron chi connectivity index (χ2n) is 23.4. The van der Waals surface area contributed by atoms with Gasteiger partial charge in [0.25, 0.3) is 0 Å². The average Bonchev–Trinajstić information content (AvgIpc) is 3.43. The predicted molar refractivity (Wildman–Crippen MR) is 335 cm³/mol. The van der Waals surface area contributed by atoms with E-state index >= 15 is 0 Å². The Morgan fingerprint density at radius 2 is 0.468 bits per heavy atom. The monoisotopic (exact) mass is 1080 g/mol. The van der Waals surface area contributed by atoms with Crippen LogP contribution in [0.2, 0.25) is 0 Å². The molecule has 0 aliphatic rings. The first-order chi connectivity index (χ1) is 38.0. The number of carbonyl (C=O) groups excluding carboxylic acids is 3. The molecule has 1 unspecified atom stereocenters. The van der Waals surface area contributed by atoms with E-state index in [-0.39, 0.29) is 31.1 Å². The molecule has 0 rings (SSSR count).